The molecule has 7 aromatic carbocycles. The highest BCUT2D eigenvalue weighted by Gasteiger charge is 2.41. The van der Waals surface area contributed by atoms with Crippen LogP contribution in [0.3, 0.4) is 0 Å². The van der Waals surface area contributed by atoms with E-state index in [1.54, 1.807) is 0 Å². The smallest absolute Gasteiger partial charge is 0.162 e. The molecule has 0 radical (unpaired) electrons. The van der Waals surface area contributed by atoms with Crippen LogP contribution in [0, 0.1) is 0 Å². The van der Waals surface area contributed by atoms with E-state index in [2.05, 4.69) is 134 Å². The summed E-state index contributed by atoms with van der Waals surface area (Å²) in [5.41, 5.74) is 9.15. The maximum Gasteiger partial charge on any atom is 0.162 e. The number of benzene rings is 7. The van der Waals surface area contributed by atoms with E-state index < -0.39 is 0 Å². The van der Waals surface area contributed by atoms with E-state index >= 15 is 0 Å². The average molecular weight is 628 g/mol. The van der Waals surface area contributed by atoms with Crippen LogP contribution in [0.1, 0.15) is 25.0 Å². The lowest BCUT2D eigenvalue weighted by Crippen LogP contribution is -2.19. The summed E-state index contributed by atoms with van der Waals surface area (Å²) >= 11 is 0. The number of fused-ring (bicyclic) bond motifs is 11. The molecule has 0 saturated carbocycles. The van der Waals surface area contributed by atoms with Crippen molar-refractivity contribution in [1.29, 1.82) is 0 Å². The van der Waals surface area contributed by atoms with Crippen molar-refractivity contribution in [3.63, 3.8) is 0 Å². The zero-order valence-electron chi connectivity index (χ0n) is 27.0. The summed E-state index contributed by atoms with van der Waals surface area (Å²) < 4.78 is 8.75. The first kappa shape index (κ1) is 26.8. The molecule has 4 heteroatoms. The normalized spacial score (nSPS) is 13.7. The predicted octanol–water partition coefficient (Wildman–Crippen LogP) is 11.8. The molecule has 10 aromatic rings. The van der Waals surface area contributed by atoms with Gasteiger partial charge >= 0.3 is 0 Å². The zero-order valence-corrected chi connectivity index (χ0v) is 27.0. The Morgan fingerprint density at radius 1 is 0.531 bits per heavy atom. The third-order valence-corrected chi connectivity index (χ3v) is 10.7. The van der Waals surface area contributed by atoms with Gasteiger partial charge in [-0.05, 0) is 63.5 Å². The van der Waals surface area contributed by atoms with E-state index in [1.165, 1.54) is 37.9 Å². The van der Waals surface area contributed by atoms with Gasteiger partial charge in [-0.25, -0.2) is 9.97 Å². The van der Waals surface area contributed by atoms with Gasteiger partial charge in [-0.1, -0.05) is 117 Å². The van der Waals surface area contributed by atoms with E-state index in [0.717, 1.165) is 61.2 Å². The summed E-state index contributed by atoms with van der Waals surface area (Å²) in [6, 6.07) is 49.8. The van der Waals surface area contributed by atoms with Crippen LogP contribution >= 0.6 is 0 Å². The van der Waals surface area contributed by atoms with Gasteiger partial charge in [-0.3, -0.25) is 4.57 Å². The van der Waals surface area contributed by atoms with Crippen LogP contribution in [0.2, 0.25) is 0 Å². The molecule has 0 fully saturated rings. The highest BCUT2D eigenvalue weighted by Crippen LogP contribution is 2.52. The Hall–Kier alpha value is -6.26. The quantitative estimate of drug-likeness (QED) is 0.192. The molecule has 230 valence electrons. The Bertz CT molecular complexity index is 2940. The number of nitrogens with zero attached hydrogens (tertiary/aromatic N) is 3. The molecule has 11 rings (SSSR count). The Balaban J connectivity index is 1.34. The predicted molar refractivity (Wildman–Crippen MR) is 202 cm³/mol. The minimum absolute atomic E-state index is 0.329. The highest BCUT2D eigenvalue weighted by atomic mass is 16.3. The van der Waals surface area contributed by atoms with Crippen molar-refractivity contribution in [2.24, 2.45) is 0 Å². The molecular formula is C45H29N3O. The summed E-state index contributed by atoms with van der Waals surface area (Å²) in [4.78, 5) is 11.1. The van der Waals surface area contributed by atoms with Gasteiger partial charge in [0.05, 0.1) is 16.7 Å². The Kier molecular flexibility index (Phi) is 5.15. The number of hydrogen-bond acceptors (Lipinski definition) is 3. The molecule has 3 aromatic heterocycles. The van der Waals surface area contributed by atoms with Gasteiger partial charge in [0, 0.05) is 43.7 Å². The van der Waals surface area contributed by atoms with Crippen LogP contribution in [-0.4, -0.2) is 14.5 Å². The molecule has 3 heterocycles. The van der Waals surface area contributed by atoms with Crippen LogP contribution < -0.4 is 0 Å². The van der Waals surface area contributed by atoms with Gasteiger partial charge in [-0.15, -0.1) is 0 Å². The van der Waals surface area contributed by atoms with Crippen LogP contribution in [0.4, 0.5) is 0 Å². The monoisotopic (exact) mass is 627 g/mol. The van der Waals surface area contributed by atoms with Crippen LogP contribution in [0.15, 0.2) is 144 Å². The van der Waals surface area contributed by atoms with E-state index in [4.69, 9.17) is 14.4 Å². The first-order valence-electron chi connectivity index (χ1n) is 16.8. The Labute approximate surface area is 281 Å². The van der Waals surface area contributed by atoms with Crippen molar-refractivity contribution in [2.45, 2.75) is 19.3 Å². The van der Waals surface area contributed by atoms with Crippen molar-refractivity contribution in [3.8, 4) is 28.5 Å². The zero-order chi connectivity index (χ0) is 32.4. The summed E-state index contributed by atoms with van der Waals surface area (Å²) in [6.45, 7) is 4.63. The van der Waals surface area contributed by atoms with Crippen molar-refractivity contribution in [2.75, 3.05) is 0 Å². The molecule has 0 bridgehead atoms. The number of furan rings is 1. The van der Waals surface area contributed by atoms with Gasteiger partial charge in [0.15, 0.2) is 5.82 Å². The second-order valence-corrected chi connectivity index (χ2v) is 13.8. The second kappa shape index (κ2) is 9.42. The maximum atomic E-state index is 6.34. The third kappa shape index (κ3) is 3.58. The summed E-state index contributed by atoms with van der Waals surface area (Å²) in [7, 11) is 0. The lowest BCUT2D eigenvalue weighted by molar-refractivity contribution is 0.650. The largest absolute Gasteiger partial charge is 0.456 e. The first-order valence-corrected chi connectivity index (χ1v) is 16.8. The number of rotatable bonds is 2. The van der Waals surface area contributed by atoms with Gasteiger partial charge in [0.1, 0.15) is 17.0 Å². The molecule has 0 aliphatic heterocycles. The molecule has 0 N–H and O–H groups in total. The van der Waals surface area contributed by atoms with Gasteiger partial charge < -0.3 is 4.42 Å². The standard InChI is InChI=1S/C45H29N3O/c1-45(2)35-19-9-7-16-30(35)42-41(45)44(47-43(46-42)32-18-11-21-39-40(32)31-17-8-10-20-38(31)49-39)48-36-24-28-14-5-3-12-26(28)22-33(36)34-23-27-13-4-6-15-29(27)25-37(34)48/h3-25H,1-2H3. The average Bonchev–Trinajstić information content (AvgIpc) is 3.74. The Morgan fingerprint density at radius 3 is 1.82 bits per heavy atom. The third-order valence-electron chi connectivity index (χ3n) is 10.7. The number of hydrogen-bond donors (Lipinski definition) is 0. The van der Waals surface area contributed by atoms with Crippen LogP contribution in [0.25, 0.3) is 93.8 Å². The molecular weight excluding hydrogens is 599 g/mol. The van der Waals surface area contributed by atoms with Crippen molar-refractivity contribution in [3.05, 3.63) is 151 Å². The lowest BCUT2D eigenvalue weighted by Gasteiger charge is -2.24. The molecule has 49 heavy (non-hydrogen) atoms. The van der Waals surface area contributed by atoms with Crippen molar-refractivity contribution < 1.29 is 4.42 Å². The van der Waals surface area contributed by atoms with E-state index in [1.807, 2.05) is 24.3 Å². The molecule has 0 atom stereocenters. The molecule has 0 amide bonds. The van der Waals surface area contributed by atoms with E-state index in [0.29, 0.717) is 5.82 Å². The fourth-order valence-electron chi connectivity index (χ4n) is 8.45. The van der Waals surface area contributed by atoms with E-state index in [9.17, 15) is 0 Å². The van der Waals surface area contributed by atoms with Crippen LogP contribution in [-0.2, 0) is 5.41 Å². The Morgan fingerprint density at radius 2 is 1.10 bits per heavy atom. The van der Waals surface area contributed by atoms with Gasteiger partial charge in [0.25, 0.3) is 0 Å². The van der Waals surface area contributed by atoms with E-state index in [-0.39, 0.29) is 5.41 Å². The minimum atomic E-state index is -0.329. The SMILES string of the molecule is CC1(C)c2ccccc2-c2nc(-c3cccc4oc5ccccc5c34)nc(-n3c4cc5ccccc5cc4c4cc5ccccc5cc43)c21. The first-order chi connectivity index (χ1) is 24.0. The summed E-state index contributed by atoms with van der Waals surface area (Å²) in [5.74, 6) is 1.60. The molecule has 0 saturated heterocycles. The summed E-state index contributed by atoms with van der Waals surface area (Å²) in [6.07, 6.45) is 0. The minimum Gasteiger partial charge on any atom is -0.456 e. The van der Waals surface area contributed by atoms with Gasteiger partial charge in [-0.2, -0.15) is 0 Å². The van der Waals surface area contributed by atoms with Crippen molar-refractivity contribution >= 4 is 65.3 Å². The molecule has 0 spiro atoms. The fraction of sp³-hybridized carbons (Fsp3) is 0.0667. The fourth-order valence-corrected chi connectivity index (χ4v) is 8.45. The topological polar surface area (TPSA) is 43.9 Å². The number of aromatic nitrogens is 3. The highest BCUT2D eigenvalue weighted by molar-refractivity contribution is 6.17. The lowest BCUT2D eigenvalue weighted by atomic mass is 9.82. The number of para-hydroxylation sites is 1. The van der Waals surface area contributed by atoms with Gasteiger partial charge in [0.2, 0.25) is 0 Å². The molecule has 0 unspecified atom stereocenters. The second-order valence-electron chi connectivity index (χ2n) is 13.8. The van der Waals surface area contributed by atoms with Crippen molar-refractivity contribution in [1.82, 2.24) is 14.5 Å². The maximum absolute atomic E-state index is 6.34. The van der Waals surface area contributed by atoms with Crippen LogP contribution in [0.5, 0.6) is 0 Å². The molecule has 1 aliphatic rings. The molecule has 1 aliphatic carbocycles. The molecule has 4 nitrogen and oxygen atoms in total. The summed E-state index contributed by atoms with van der Waals surface area (Å²) in [5, 5.41) is 9.37.